The van der Waals surface area contributed by atoms with E-state index >= 15 is 0 Å². The van der Waals surface area contributed by atoms with Crippen LogP contribution in [0, 0.1) is 0 Å². The predicted octanol–water partition coefficient (Wildman–Crippen LogP) is 4.23. The molecule has 0 atom stereocenters. The lowest BCUT2D eigenvalue weighted by Crippen LogP contribution is -2.39. The summed E-state index contributed by atoms with van der Waals surface area (Å²) in [6.45, 7) is 4.58. The van der Waals surface area contributed by atoms with Gasteiger partial charge >= 0.3 is 0 Å². The molecule has 0 unspecified atom stereocenters. The lowest BCUT2D eigenvalue weighted by atomic mass is 10.2. The van der Waals surface area contributed by atoms with Gasteiger partial charge in [-0.3, -0.25) is 4.79 Å². The van der Waals surface area contributed by atoms with Crippen LogP contribution < -0.4 is 10.6 Å². The Balaban J connectivity index is 0.00000364. The van der Waals surface area contributed by atoms with E-state index in [1.54, 1.807) is 16.2 Å². The number of guanidine groups is 1. The number of nitrogens with one attached hydrogen (secondary N) is 2. The van der Waals surface area contributed by atoms with Gasteiger partial charge in [-0.2, -0.15) is 11.3 Å². The van der Waals surface area contributed by atoms with Crippen LogP contribution in [-0.4, -0.2) is 36.9 Å². The number of thiophene rings is 1. The highest BCUT2D eigenvalue weighted by atomic mass is 127. The zero-order chi connectivity index (χ0) is 18.8. The van der Waals surface area contributed by atoms with Crippen molar-refractivity contribution in [2.75, 3.05) is 20.1 Å². The number of halogens is 2. The zero-order valence-electron chi connectivity index (χ0n) is 15.6. The number of nitrogens with zero attached hydrogens (tertiary/aromatic N) is 2. The number of aliphatic imine (C=N–C) groups is 1. The molecule has 2 N–H and O–H groups in total. The molecule has 2 rings (SSSR count). The van der Waals surface area contributed by atoms with Crippen LogP contribution in [-0.2, 0) is 17.9 Å². The van der Waals surface area contributed by atoms with E-state index in [-0.39, 0.29) is 29.9 Å². The molecular weight excluding hydrogens is 539 g/mol. The molecule has 8 heteroatoms. The van der Waals surface area contributed by atoms with Crippen LogP contribution in [0.3, 0.4) is 0 Å². The molecule has 0 saturated heterocycles. The van der Waals surface area contributed by atoms with Gasteiger partial charge < -0.3 is 15.5 Å². The first-order valence-electron chi connectivity index (χ1n) is 8.60. The van der Waals surface area contributed by atoms with Crippen molar-refractivity contribution >= 4 is 63.1 Å². The second kappa shape index (κ2) is 13.1. The Bertz CT molecular complexity index is 724. The molecule has 0 saturated carbocycles. The van der Waals surface area contributed by atoms with E-state index in [2.05, 4.69) is 43.0 Å². The van der Waals surface area contributed by atoms with Crippen molar-refractivity contribution < 1.29 is 4.79 Å². The van der Waals surface area contributed by atoms with Gasteiger partial charge in [-0.15, -0.1) is 24.0 Å². The van der Waals surface area contributed by atoms with Crippen molar-refractivity contribution in [1.82, 2.24) is 15.5 Å². The van der Waals surface area contributed by atoms with Gasteiger partial charge in [-0.05, 0) is 40.9 Å². The van der Waals surface area contributed by atoms with Crippen molar-refractivity contribution in [3.63, 3.8) is 0 Å². The zero-order valence-corrected chi connectivity index (χ0v) is 20.3. The molecule has 0 radical (unpaired) electrons. The number of hydrogen-bond donors (Lipinski definition) is 2. The molecule has 0 fully saturated rings. The second-order valence-corrected chi connectivity index (χ2v) is 7.48. The van der Waals surface area contributed by atoms with Crippen LogP contribution in [0.15, 0.2) is 50.6 Å². The average Bonchev–Trinajstić information content (AvgIpc) is 3.15. The molecule has 0 aliphatic carbocycles. The molecule has 1 aromatic carbocycles. The minimum atomic E-state index is 0. The van der Waals surface area contributed by atoms with Crippen LogP contribution >= 0.6 is 51.2 Å². The number of benzene rings is 1. The third-order valence-electron chi connectivity index (χ3n) is 3.77. The fourth-order valence-corrected chi connectivity index (χ4v) is 3.41. The summed E-state index contributed by atoms with van der Waals surface area (Å²) in [5, 5.41) is 10.6. The van der Waals surface area contributed by atoms with Crippen molar-refractivity contribution in [1.29, 1.82) is 0 Å². The first-order chi connectivity index (χ1) is 12.6. The topological polar surface area (TPSA) is 56.7 Å². The molecule has 0 spiro atoms. The standard InChI is InChI=1S/C19H25BrN4OS.HI/c1-3-21-19(23-12-15-9-11-26-14-15)22-10-8-18(25)24(2)13-16-6-4-5-7-17(16)20;/h4-7,9,11,14H,3,8,10,12-13H2,1-2H3,(H2,21,22,23);1H. The highest BCUT2D eigenvalue weighted by molar-refractivity contribution is 14.0. The Morgan fingerprint density at radius 1 is 1.26 bits per heavy atom. The minimum Gasteiger partial charge on any atom is -0.357 e. The first kappa shape index (κ1) is 23.9. The maximum Gasteiger partial charge on any atom is 0.224 e. The number of hydrogen-bond acceptors (Lipinski definition) is 3. The third kappa shape index (κ3) is 8.61. The van der Waals surface area contributed by atoms with Gasteiger partial charge in [0.25, 0.3) is 0 Å². The van der Waals surface area contributed by atoms with Gasteiger partial charge in [0.2, 0.25) is 5.91 Å². The summed E-state index contributed by atoms with van der Waals surface area (Å²) in [6.07, 6.45) is 0.420. The van der Waals surface area contributed by atoms with E-state index in [0.717, 1.165) is 22.5 Å². The first-order valence-corrected chi connectivity index (χ1v) is 10.3. The number of amides is 1. The van der Waals surface area contributed by atoms with E-state index in [9.17, 15) is 4.79 Å². The van der Waals surface area contributed by atoms with Crippen LogP contribution in [0.4, 0.5) is 0 Å². The van der Waals surface area contributed by atoms with Crippen molar-refractivity contribution in [3.8, 4) is 0 Å². The fraction of sp³-hybridized carbons (Fsp3) is 0.368. The summed E-state index contributed by atoms with van der Waals surface area (Å²) in [6, 6.07) is 10.0. The highest BCUT2D eigenvalue weighted by Gasteiger charge is 2.11. The molecule has 1 heterocycles. The van der Waals surface area contributed by atoms with Crippen LogP contribution in [0.1, 0.15) is 24.5 Å². The Labute approximate surface area is 190 Å². The van der Waals surface area contributed by atoms with Gasteiger partial charge in [0, 0.05) is 37.6 Å². The van der Waals surface area contributed by atoms with E-state index < -0.39 is 0 Å². The van der Waals surface area contributed by atoms with Crippen LogP contribution in [0.25, 0.3) is 0 Å². The summed E-state index contributed by atoms with van der Waals surface area (Å²) >= 11 is 5.19. The van der Waals surface area contributed by atoms with Crippen LogP contribution in [0.2, 0.25) is 0 Å². The summed E-state index contributed by atoms with van der Waals surface area (Å²) in [4.78, 5) is 18.6. The van der Waals surface area contributed by atoms with E-state index in [4.69, 9.17) is 0 Å². The third-order valence-corrected chi connectivity index (χ3v) is 5.27. The normalized spacial score (nSPS) is 10.9. The van der Waals surface area contributed by atoms with Gasteiger partial charge in [0.05, 0.1) is 6.54 Å². The van der Waals surface area contributed by atoms with Gasteiger partial charge in [-0.25, -0.2) is 4.99 Å². The van der Waals surface area contributed by atoms with E-state index in [0.29, 0.717) is 26.1 Å². The monoisotopic (exact) mass is 564 g/mol. The van der Waals surface area contributed by atoms with Crippen molar-refractivity contribution in [2.45, 2.75) is 26.4 Å². The number of carbonyl (C=O) groups excluding carboxylic acids is 1. The second-order valence-electron chi connectivity index (χ2n) is 5.84. The molecule has 0 aliphatic rings. The summed E-state index contributed by atoms with van der Waals surface area (Å²) in [5.41, 5.74) is 2.29. The Morgan fingerprint density at radius 2 is 2.04 bits per heavy atom. The molecule has 2 aromatic rings. The molecule has 0 bridgehead atoms. The van der Waals surface area contributed by atoms with Crippen LogP contribution in [0.5, 0.6) is 0 Å². The van der Waals surface area contributed by atoms with E-state index in [1.165, 1.54) is 5.56 Å². The molecule has 0 aliphatic heterocycles. The fourth-order valence-electron chi connectivity index (χ4n) is 2.34. The summed E-state index contributed by atoms with van der Waals surface area (Å²) in [7, 11) is 1.83. The Kier molecular flexibility index (Phi) is 11.6. The van der Waals surface area contributed by atoms with E-state index in [1.807, 2.05) is 43.6 Å². The van der Waals surface area contributed by atoms with Gasteiger partial charge in [-0.1, -0.05) is 34.1 Å². The largest absolute Gasteiger partial charge is 0.357 e. The lowest BCUT2D eigenvalue weighted by molar-refractivity contribution is -0.130. The molecule has 5 nitrogen and oxygen atoms in total. The lowest BCUT2D eigenvalue weighted by Gasteiger charge is -2.19. The molecule has 148 valence electrons. The molecule has 27 heavy (non-hydrogen) atoms. The van der Waals surface area contributed by atoms with Gasteiger partial charge in [0.15, 0.2) is 5.96 Å². The summed E-state index contributed by atoms with van der Waals surface area (Å²) in [5.74, 6) is 0.835. The smallest absolute Gasteiger partial charge is 0.224 e. The quantitative estimate of drug-likeness (QED) is 0.286. The predicted molar refractivity (Wildman–Crippen MR) is 128 cm³/mol. The highest BCUT2D eigenvalue weighted by Crippen LogP contribution is 2.17. The average molecular weight is 565 g/mol. The van der Waals surface area contributed by atoms with Crippen molar-refractivity contribution in [3.05, 3.63) is 56.7 Å². The van der Waals surface area contributed by atoms with Crippen molar-refractivity contribution in [2.24, 2.45) is 4.99 Å². The minimum absolute atomic E-state index is 0. The summed E-state index contributed by atoms with van der Waals surface area (Å²) < 4.78 is 1.02. The maximum absolute atomic E-state index is 12.4. The number of rotatable bonds is 8. The maximum atomic E-state index is 12.4. The number of carbonyl (C=O) groups is 1. The Hall–Kier alpha value is -1.13. The molecular formula is C19H26BrIN4OS. The molecule has 1 amide bonds. The Morgan fingerprint density at radius 3 is 2.70 bits per heavy atom. The molecule has 1 aromatic heterocycles. The van der Waals surface area contributed by atoms with Gasteiger partial charge in [0.1, 0.15) is 0 Å². The SMILES string of the molecule is CCNC(=NCc1ccsc1)NCCC(=O)N(C)Cc1ccccc1Br.I.